The number of rotatable bonds is 3. The molecule has 0 radical (unpaired) electrons. The standard InChI is InChI=1S/C23H19N7O/c1-27-23-22-21(20(25-27)16-8-4-3-5-9-16)26-29(17-11-13-18(31-2)14-12-17)30(22)28-15-7-6-10-19(28)24-23/h3-15H,1-2H3. The van der Waals surface area contributed by atoms with E-state index in [1.54, 1.807) is 7.11 Å². The summed E-state index contributed by atoms with van der Waals surface area (Å²) in [6.07, 6.45) is 7.90. The minimum atomic E-state index is 0.751. The van der Waals surface area contributed by atoms with E-state index in [1.165, 1.54) is 0 Å². The summed E-state index contributed by atoms with van der Waals surface area (Å²) in [4.78, 5) is 4.87. The van der Waals surface area contributed by atoms with Gasteiger partial charge in [0.25, 0.3) is 0 Å². The molecule has 8 heteroatoms. The summed E-state index contributed by atoms with van der Waals surface area (Å²) in [5.41, 5.74) is 4.36. The third-order valence-corrected chi connectivity index (χ3v) is 5.38. The van der Waals surface area contributed by atoms with Crippen LogP contribution in [0.4, 0.5) is 5.69 Å². The van der Waals surface area contributed by atoms with E-state index >= 15 is 0 Å². The van der Waals surface area contributed by atoms with Crippen molar-refractivity contribution < 1.29 is 4.74 Å². The number of benzene rings is 2. The Morgan fingerprint density at radius 3 is 2.45 bits per heavy atom. The molecule has 0 fully saturated rings. The lowest BCUT2D eigenvalue weighted by Crippen LogP contribution is -2.52. The number of hydrazine groups is 2. The molecule has 0 aliphatic carbocycles. The van der Waals surface area contributed by atoms with Gasteiger partial charge >= 0.3 is 0 Å². The van der Waals surface area contributed by atoms with Gasteiger partial charge in [-0.1, -0.05) is 36.4 Å². The van der Waals surface area contributed by atoms with E-state index in [9.17, 15) is 0 Å². The Bertz CT molecular complexity index is 1240. The van der Waals surface area contributed by atoms with Gasteiger partial charge in [-0.3, -0.25) is 0 Å². The first kappa shape index (κ1) is 17.5. The predicted octanol–water partition coefficient (Wildman–Crippen LogP) is 3.32. The molecule has 4 aliphatic rings. The van der Waals surface area contributed by atoms with Crippen LogP contribution in [0, 0.1) is 0 Å². The number of ether oxygens (including phenoxy) is 1. The molecule has 0 bridgehead atoms. The summed E-state index contributed by atoms with van der Waals surface area (Å²) in [6, 6.07) is 17.9. The lowest BCUT2D eigenvalue weighted by molar-refractivity contribution is 0.129. The Kier molecular flexibility index (Phi) is 3.73. The number of hydrogen-bond donors (Lipinski definition) is 0. The molecule has 0 spiro atoms. The molecule has 4 aliphatic heterocycles. The van der Waals surface area contributed by atoms with E-state index in [0.717, 1.165) is 45.8 Å². The molecule has 4 heterocycles. The number of anilines is 1. The Hall–Kier alpha value is -4.33. The third kappa shape index (κ3) is 2.58. The number of aliphatic imine (C=N–C) groups is 1. The summed E-state index contributed by atoms with van der Waals surface area (Å²) in [6.45, 7) is 0. The molecule has 0 saturated carbocycles. The molecular weight excluding hydrogens is 390 g/mol. The topological polar surface area (TPSA) is 59.3 Å². The number of nitrogens with zero attached hydrogens (tertiary/aromatic N) is 7. The van der Waals surface area contributed by atoms with E-state index in [2.05, 4.69) is 0 Å². The van der Waals surface area contributed by atoms with Gasteiger partial charge < -0.3 is 4.74 Å². The average Bonchev–Trinajstić information content (AvgIpc) is 3.23. The summed E-state index contributed by atoms with van der Waals surface area (Å²) >= 11 is 0. The van der Waals surface area contributed by atoms with Gasteiger partial charge in [0.15, 0.2) is 17.4 Å². The molecule has 31 heavy (non-hydrogen) atoms. The first-order valence-corrected chi connectivity index (χ1v) is 9.93. The van der Waals surface area contributed by atoms with Gasteiger partial charge in [-0.25, -0.2) is 15.0 Å². The van der Waals surface area contributed by atoms with Gasteiger partial charge in [0.2, 0.25) is 0 Å². The van der Waals surface area contributed by atoms with Crippen molar-refractivity contribution in [2.24, 2.45) is 15.2 Å². The highest BCUT2D eigenvalue weighted by Crippen LogP contribution is 2.38. The molecule has 0 atom stereocenters. The van der Waals surface area contributed by atoms with Crippen LogP contribution in [-0.4, -0.2) is 46.6 Å². The molecule has 2 aromatic rings. The van der Waals surface area contributed by atoms with E-state index < -0.39 is 0 Å². The molecule has 6 rings (SSSR count). The average molecular weight is 409 g/mol. The largest absolute Gasteiger partial charge is 0.497 e. The number of hydrazone groups is 2. The molecule has 0 saturated heterocycles. The van der Waals surface area contributed by atoms with Crippen LogP contribution in [0.1, 0.15) is 5.56 Å². The number of amidine groups is 1. The normalized spacial score (nSPS) is 18.6. The highest BCUT2D eigenvalue weighted by atomic mass is 16.5. The summed E-state index contributed by atoms with van der Waals surface area (Å²) in [5, 5.41) is 17.5. The smallest absolute Gasteiger partial charge is 0.181 e. The molecule has 8 nitrogen and oxygen atoms in total. The van der Waals surface area contributed by atoms with Gasteiger partial charge in [-0.15, -0.1) is 5.10 Å². The van der Waals surface area contributed by atoms with Crippen molar-refractivity contribution in [3.8, 4) is 5.75 Å². The maximum Gasteiger partial charge on any atom is 0.181 e. The number of allylic oxidation sites excluding steroid dienone is 3. The first-order chi connectivity index (χ1) is 15.2. The van der Waals surface area contributed by atoms with Crippen LogP contribution in [-0.2, 0) is 0 Å². The highest BCUT2D eigenvalue weighted by Gasteiger charge is 2.45. The molecule has 0 N–H and O–H groups in total. The van der Waals surface area contributed by atoms with E-state index in [4.69, 9.17) is 19.9 Å². The second-order valence-corrected chi connectivity index (χ2v) is 7.25. The molecule has 152 valence electrons. The number of methoxy groups -OCH3 is 1. The first-order valence-electron chi connectivity index (χ1n) is 9.93. The zero-order chi connectivity index (χ0) is 20.9. The van der Waals surface area contributed by atoms with Gasteiger partial charge in [-0.05, 0) is 36.4 Å². The minimum absolute atomic E-state index is 0.751. The van der Waals surface area contributed by atoms with Crippen molar-refractivity contribution in [1.29, 1.82) is 0 Å². The predicted molar refractivity (Wildman–Crippen MR) is 120 cm³/mol. The van der Waals surface area contributed by atoms with Crippen LogP contribution >= 0.6 is 0 Å². The second kappa shape index (κ2) is 6.60. The summed E-state index contributed by atoms with van der Waals surface area (Å²) in [7, 11) is 3.58. The molecule has 2 aromatic carbocycles. The Labute approximate surface area is 179 Å². The second-order valence-electron chi connectivity index (χ2n) is 7.25. The van der Waals surface area contributed by atoms with Gasteiger partial charge in [-0.2, -0.15) is 15.3 Å². The Morgan fingerprint density at radius 2 is 1.68 bits per heavy atom. The Balaban J connectivity index is 1.54. The van der Waals surface area contributed by atoms with Crippen molar-refractivity contribution in [1.82, 2.24) is 15.1 Å². The fraction of sp³-hybridized carbons (Fsp3) is 0.0870. The van der Waals surface area contributed by atoms with Gasteiger partial charge in [0, 0.05) is 18.8 Å². The van der Waals surface area contributed by atoms with Crippen molar-refractivity contribution in [2.45, 2.75) is 0 Å². The van der Waals surface area contributed by atoms with Gasteiger partial charge in [0.1, 0.15) is 17.2 Å². The third-order valence-electron chi connectivity index (χ3n) is 5.38. The quantitative estimate of drug-likeness (QED) is 0.778. The fourth-order valence-corrected chi connectivity index (χ4v) is 3.91. The molecule has 0 amide bonds. The van der Waals surface area contributed by atoms with Crippen LogP contribution in [0.5, 0.6) is 5.75 Å². The fourth-order valence-electron chi connectivity index (χ4n) is 3.91. The lowest BCUT2D eigenvalue weighted by Gasteiger charge is -2.42. The summed E-state index contributed by atoms with van der Waals surface area (Å²) in [5.74, 6) is 2.34. The minimum Gasteiger partial charge on any atom is -0.497 e. The number of hydrogen-bond acceptors (Lipinski definition) is 8. The maximum absolute atomic E-state index is 5.33. The SMILES string of the molecule is COc1ccc(N2N=C3C(c4ccccc4)=NN(C)C4=C3N2N2C=CC=CC2=N4)cc1. The molecule has 0 unspecified atom stereocenters. The van der Waals surface area contributed by atoms with Gasteiger partial charge in [0.05, 0.1) is 12.8 Å². The molecule has 0 aromatic heterocycles. The van der Waals surface area contributed by atoms with Crippen LogP contribution in [0.25, 0.3) is 0 Å². The highest BCUT2D eigenvalue weighted by molar-refractivity contribution is 6.54. The van der Waals surface area contributed by atoms with E-state index in [-0.39, 0.29) is 0 Å². The summed E-state index contributed by atoms with van der Waals surface area (Å²) < 4.78 is 5.33. The van der Waals surface area contributed by atoms with Crippen molar-refractivity contribution >= 4 is 22.9 Å². The number of fused-ring (bicyclic) bond motifs is 2. The molecular formula is C23H19N7O. The van der Waals surface area contributed by atoms with E-state index in [1.807, 2.05) is 106 Å². The Morgan fingerprint density at radius 1 is 0.871 bits per heavy atom. The maximum atomic E-state index is 5.33. The monoisotopic (exact) mass is 409 g/mol. The van der Waals surface area contributed by atoms with Crippen molar-refractivity contribution in [3.63, 3.8) is 0 Å². The van der Waals surface area contributed by atoms with Crippen LogP contribution < -0.4 is 9.85 Å². The van der Waals surface area contributed by atoms with Crippen LogP contribution in [0.3, 0.4) is 0 Å². The van der Waals surface area contributed by atoms with Crippen molar-refractivity contribution in [2.75, 3.05) is 19.3 Å². The van der Waals surface area contributed by atoms with E-state index in [0.29, 0.717) is 0 Å². The van der Waals surface area contributed by atoms with Crippen molar-refractivity contribution in [3.05, 3.63) is 96.1 Å². The van der Waals surface area contributed by atoms with Crippen LogP contribution in [0.2, 0.25) is 0 Å². The zero-order valence-electron chi connectivity index (χ0n) is 17.0. The lowest BCUT2D eigenvalue weighted by atomic mass is 10.0. The van der Waals surface area contributed by atoms with Crippen LogP contribution in [0.15, 0.2) is 106 Å². The zero-order valence-corrected chi connectivity index (χ0v) is 17.0.